The fourth-order valence-electron chi connectivity index (χ4n) is 3.97. The van der Waals surface area contributed by atoms with E-state index in [4.69, 9.17) is 4.74 Å². The first kappa shape index (κ1) is 16.7. The van der Waals surface area contributed by atoms with E-state index in [1.807, 2.05) is 12.1 Å². The monoisotopic (exact) mass is 357 g/mol. The zero-order valence-electron chi connectivity index (χ0n) is 14.1. The van der Waals surface area contributed by atoms with Gasteiger partial charge in [0.2, 0.25) is 5.91 Å². The number of nitrogens with zero attached hydrogens (tertiary/aromatic N) is 2. The number of amides is 1. The number of rotatable bonds is 4. The van der Waals surface area contributed by atoms with Crippen molar-refractivity contribution in [3.63, 3.8) is 0 Å². The normalized spacial score (nSPS) is 26.8. The lowest BCUT2D eigenvalue weighted by atomic mass is 9.79. The lowest BCUT2D eigenvalue weighted by Gasteiger charge is -2.44. The number of carbonyl (C=O) groups is 1. The van der Waals surface area contributed by atoms with Crippen LogP contribution in [0.3, 0.4) is 0 Å². The number of hydrogen-bond acceptors (Lipinski definition) is 5. The molecule has 5 nitrogen and oxygen atoms in total. The molecule has 2 aliphatic heterocycles. The highest BCUT2D eigenvalue weighted by molar-refractivity contribution is 7.07. The average Bonchev–Trinajstić information content (AvgIpc) is 3.15. The lowest BCUT2D eigenvalue weighted by Crippen LogP contribution is -2.52. The number of hydrogen-bond donors (Lipinski definition) is 1. The molecule has 4 heterocycles. The van der Waals surface area contributed by atoms with Crippen molar-refractivity contribution in [1.29, 1.82) is 0 Å². The van der Waals surface area contributed by atoms with Gasteiger partial charge in [-0.1, -0.05) is 0 Å². The molecule has 0 aromatic carbocycles. The molecule has 2 saturated heterocycles. The van der Waals surface area contributed by atoms with E-state index in [0.717, 1.165) is 38.2 Å². The molecule has 4 rings (SSSR count). The maximum Gasteiger partial charge on any atom is 0.228 e. The number of anilines is 1. The van der Waals surface area contributed by atoms with Crippen molar-refractivity contribution >= 4 is 22.9 Å². The molecule has 1 amide bonds. The van der Waals surface area contributed by atoms with Crippen LogP contribution in [0.2, 0.25) is 0 Å². The molecule has 1 N–H and O–H groups in total. The zero-order chi connectivity index (χ0) is 17.1. The van der Waals surface area contributed by atoms with Gasteiger partial charge in [-0.3, -0.25) is 14.7 Å². The van der Waals surface area contributed by atoms with E-state index < -0.39 is 0 Å². The zero-order valence-corrected chi connectivity index (χ0v) is 15.0. The van der Waals surface area contributed by atoms with Gasteiger partial charge in [-0.2, -0.15) is 11.3 Å². The molecule has 2 aromatic rings. The van der Waals surface area contributed by atoms with E-state index in [1.54, 1.807) is 23.7 Å². The molecule has 132 valence electrons. The molecule has 3 atom stereocenters. The highest BCUT2D eigenvalue weighted by atomic mass is 32.1. The molecule has 0 spiro atoms. The number of thiophene rings is 1. The van der Waals surface area contributed by atoms with Gasteiger partial charge in [0.05, 0.1) is 18.0 Å². The Balaban J connectivity index is 1.43. The Kier molecular flexibility index (Phi) is 5.10. The van der Waals surface area contributed by atoms with E-state index in [9.17, 15) is 4.79 Å². The van der Waals surface area contributed by atoms with E-state index in [1.165, 1.54) is 5.56 Å². The predicted molar refractivity (Wildman–Crippen MR) is 98.4 cm³/mol. The Morgan fingerprint density at radius 1 is 1.40 bits per heavy atom. The van der Waals surface area contributed by atoms with Gasteiger partial charge in [-0.15, -0.1) is 0 Å². The third kappa shape index (κ3) is 3.92. The van der Waals surface area contributed by atoms with Crippen LogP contribution in [0.5, 0.6) is 0 Å². The van der Waals surface area contributed by atoms with Crippen LogP contribution in [0, 0.1) is 11.8 Å². The molecular weight excluding hydrogens is 334 g/mol. The molecule has 0 radical (unpaired) electrons. The summed E-state index contributed by atoms with van der Waals surface area (Å²) in [7, 11) is 0. The second-order valence-electron chi connectivity index (χ2n) is 6.85. The van der Waals surface area contributed by atoms with E-state index >= 15 is 0 Å². The summed E-state index contributed by atoms with van der Waals surface area (Å²) in [4.78, 5) is 19.4. The summed E-state index contributed by atoms with van der Waals surface area (Å²) in [6.07, 6.45) is 5.41. The van der Waals surface area contributed by atoms with E-state index in [2.05, 4.69) is 32.0 Å². The number of aromatic nitrogens is 1. The fourth-order valence-corrected chi connectivity index (χ4v) is 4.63. The Morgan fingerprint density at radius 3 is 3.16 bits per heavy atom. The molecule has 2 aliphatic rings. The maximum atomic E-state index is 12.8. The predicted octanol–water partition coefficient (Wildman–Crippen LogP) is 3.01. The summed E-state index contributed by atoms with van der Waals surface area (Å²) >= 11 is 1.74. The number of nitrogens with one attached hydrogen (secondary N) is 1. The van der Waals surface area contributed by atoms with Gasteiger partial charge >= 0.3 is 0 Å². The summed E-state index contributed by atoms with van der Waals surface area (Å²) in [6, 6.07) is 5.90. The number of pyridine rings is 1. The molecule has 0 bridgehead atoms. The van der Waals surface area contributed by atoms with Gasteiger partial charge in [0, 0.05) is 44.3 Å². The van der Waals surface area contributed by atoms with Crippen LogP contribution in [-0.4, -0.2) is 41.6 Å². The molecule has 0 aliphatic carbocycles. The number of fused-ring (bicyclic) bond motifs is 1. The summed E-state index contributed by atoms with van der Waals surface area (Å²) in [5, 5.41) is 7.36. The van der Waals surface area contributed by atoms with Gasteiger partial charge < -0.3 is 10.1 Å². The second kappa shape index (κ2) is 7.64. The van der Waals surface area contributed by atoms with Gasteiger partial charge in [0.25, 0.3) is 0 Å². The minimum atomic E-state index is 0.00392. The molecular formula is C19H23N3O2S. The summed E-state index contributed by atoms with van der Waals surface area (Å²) in [6.45, 7) is 3.60. The first-order valence-corrected chi connectivity index (χ1v) is 9.80. The Hall–Kier alpha value is -1.76. The second-order valence-corrected chi connectivity index (χ2v) is 7.63. The van der Waals surface area contributed by atoms with Crippen molar-refractivity contribution in [1.82, 2.24) is 9.88 Å². The summed E-state index contributed by atoms with van der Waals surface area (Å²) < 4.78 is 5.98. The highest BCUT2D eigenvalue weighted by Gasteiger charge is 2.41. The summed E-state index contributed by atoms with van der Waals surface area (Å²) in [5.74, 6) is 0.366. The SMILES string of the molecule is O=C(Nc1cccnc1)[C@@H]1CCO[C@@H]2CCN(Cc3ccsc3)C[C@@H]21. The number of carbonyl (C=O) groups excluding carboxylic acids is 1. The molecule has 6 heteroatoms. The minimum Gasteiger partial charge on any atom is -0.378 e. The largest absolute Gasteiger partial charge is 0.378 e. The fraction of sp³-hybridized carbons (Fsp3) is 0.474. The third-order valence-corrected chi connectivity index (χ3v) is 5.94. The molecule has 0 saturated carbocycles. The van der Waals surface area contributed by atoms with E-state index in [0.29, 0.717) is 6.61 Å². The van der Waals surface area contributed by atoms with Gasteiger partial charge in [0.1, 0.15) is 0 Å². The lowest BCUT2D eigenvalue weighted by molar-refractivity contribution is -0.137. The quantitative estimate of drug-likeness (QED) is 0.914. The van der Waals surface area contributed by atoms with Gasteiger partial charge in [-0.05, 0) is 47.4 Å². The van der Waals surface area contributed by atoms with Crippen LogP contribution in [0.1, 0.15) is 18.4 Å². The van der Waals surface area contributed by atoms with Crippen LogP contribution in [0.25, 0.3) is 0 Å². The Labute approximate surface area is 152 Å². The molecule has 0 unspecified atom stereocenters. The van der Waals surface area contributed by atoms with Crippen molar-refractivity contribution in [3.05, 3.63) is 46.9 Å². The standard InChI is InChI=1S/C19H23N3O2S/c23-19(21-15-2-1-6-20-10-15)16-4-8-24-18-3-7-22(12-17(16)18)11-14-5-9-25-13-14/h1-2,5-6,9-10,13,16-18H,3-4,7-8,11-12H2,(H,21,23)/t16-,17-,18-/m1/s1. The third-order valence-electron chi connectivity index (χ3n) is 5.21. The van der Waals surface area contributed by atoms with Crippen LogP contribution in [0.4, 0.5) is 5.69 Å². The summed E-state index contributed by atoms with van der Waals surface area (Å²) in [5.41, 5.74) is 2.12. The van der Waals surface area contributed by atoms with Crippen molar-refractivity contribution in [2.24, 2.45) is 11.8 Å². The molecule has 2 aromatic heterocycles. The van der Waals surface area contributed by atoms with Crippen molar-refractivity contribution < 1.29 is 9.53 Å². The minimum absolute atomic E-state index is 0.00392. The van der Waals surface area contributed by atoms with Gasteiger partial charge in [0.15, 0.2) is 0 Å². The topological polar surface area (TPSA) is 54.5 Å². The number of piperidine rings is 1. The maximum absolute atomic E-state index is 12.8. The first-order chi connectivity index (χ1) is 12.3. The van der Waals surface area contributed by atoms with Crippen molar-refractivity contribution in [3.8, 4) is 0 Å². The van der Waals surface area contributed by atoms with Crippen LogP contribution in [-0.2, 0) is 16.1 Å². The molecule has 2 fully saturated rings. The first-order valence-electron chi connectivity index (χ1n) is 8.85. The van der Waals surface area contributed by atoms with Crippen LogP contribution < -0.4 is 5.32 Å². The Bertz CT molecular complexity index is 692. The number of likely N-dealkylation sites (tertiary alicyclic amines) is 1. The van der Waals surface area contributed by atoms with E-state index in [-0.39, 0.29) is 23.8 Å². The highest BCUT2D eigenvalue weighted by Crippen LogP contribution is 2.34. The van der Waals surface area contributed by atoms with Crippen molar-refractivity contribution in [2.75, 3.05) is 25.0 Å². The smallest absolute Gasteiger partial charge is 0.228 e. The molecule has 25 heavy (non-hydrogen) atoms. The van der Waals surface area contributed by atoms with Crippen LogP contribution >= 0.6 is 11.3 Å². The van der Waals surface area contributed by atoms with Crippen LogP contribution in [0.15, 0.2) is 41.4 Å². The van der Waals surface area contributed by atoms with Crippen molar-refractivity contribution in [2.45, 2.75) is 25.5 Å². The van der Waals surface area contributed by atoms with Gasteiger partial charge in [-0.25, -0.2) is 0 Å². The Morgan fingerprint density at radius 2 is 2.36 bits per heavy atom. The average molecular weight is 357 g/mol. The number of ether oxygens (including phenoxy) is 1.